The second kappa shape index (κ2) is 7.85. The minimum Gasteiger partial charge on any atom is -0.322 e. The molecule has 1 aliphatic heterocycles. The number of amides is 1. The number of nitrogens with one attached hydrogen (secondary N) is 1. The van der Waals surface area contributed by atoms with Crippen LogP contribution in [0.15, 0.2) is 65.6 Å². The molecule has 160 valence electrons. The molecule has 0 aromatic heterocycles. The van der Waals surface area contributed by atoms with E-state index in [4.69, 9.17) is 0 Å². The minimum atomic E-state index is -3.67. The molecule has 1 N–H and O–H groups in total. The summed E-state index contributed by atoms with van der Waals surface area (Å²) in [5, 5.41) is 3.02. The van der Waals surface area contributed by atoms with Crippen LogP contribution in [0.4, 0.5) is 11.4 Å². The molecular weight excluding hydrogens is 408 g/mol. The van der Waals surface area contributed by atoms with Gasteiger partial charge in [-0.1, -0.05) is 35.9 Å². The Kier molecular flexibility index (Phi) is 5.35. The zero-order chi connectivity index (χ0) is 22.3. The van der Waals surface area contributed by atoms with Crippen LogP contribution in [0.2, 0.25) is 0 Å². The van der Waals surface area contributed by atoms with Crippen molar-refractivity contribution < 1.29 is 13.2 Å². The van der Waals surface area contributed by atoms with Gasteiger partial charge < -0.3 is 5.32 Å². The van der Waals surface area contributed by atoms with Crippen molar-refractivity contribution in [2.45, 2.75) is 45.1 Å². The quantitative estimate of drug-likeness (QED) is 0.628. The Bertz CT molecular complexity index is 1240. The molecule has 31 heavy (non-hydrogen) atoms. The number of aryl methyl sites for hydroxylation is 3. The van der Waals surface area contributed by atoms with Gasteiger partial charge in [0.1, 0.15) is 0 Å². The van der Waals surface area contributed by atoms with E-state index >= 15 is 0 Å². The van der Waals surface area contributed by atoms with Gasteiger partial charge in [-0.15, -0.1) is 0 Å². The number of nitrogens with zero attached hydrogens (tertiary/aromatic N) is 1. The first kappa shape index (κ1) is 21.1. The van der Waals surface area contributed by atoms with Crippen LogP contribution in [-0.4, -0.2) is 20.4 Å². The van der Waals surface area contributed by atoms with Crippen molar-refractivity contribution >= 4 is 27.3 Å². The lowest BCUT2D eigenvalue weighted by molar-refractivity contribution is 0.102. The predicted molar refractivity (Wildman–Crippen MR) is 124 cm³/mol. The highest BCUT2D eigenvalue weighted by Gasteiger charge is 2.36. The van der Waals surface area contributed by atoms with E-state index in [0.29, 0.717) is 17.7 Å². The SMILES string of the molecule is Cc1cc(C)c(NC(=O)c2ccc3c(c2)C[C@@H](C)N3S(=O)(=O)c2ccccc2)c(C)c1. The minimum absolute atomic E-state index is 0.199. The second-order valence-corrected chi connectivity index (χ2v) is 10.1. The maximum atomic E-state index is 13.2. The maximum Gasteiger partial charge on any atom is 0.264 e. The van der Waals surface area contributed by atoms with E-state index in [2.05, 4.69) is 5.32 Å². The summed E-state index contributed by atoms with van der Waals surface area (Å²) in [6.07, 6.45) is 0.561. The summed E-state index contributed by atoms with van der Waals surface area (Å²) in [6, 6.07) is 17.5. The first-order valence-electron chi connectivity index (χ1n) is 10.3. The van der Waals surface area contributed by atoms with Gasteiger partial charge in [-0.05, 0) is 81.1 Å². The first-order valence-corrected chi connectivity index (χ1v) is 11.7. The molecule has 3 aromatic rings. The highest BCUT2D eigenvalue weighted by atomic mass is 32.2. The summed E-state index contributed by atoms with van der Waals surface area (Å²) in [5.41, 5.74) is 6.01. The number of rotatable bonds is 4. The summed E-state index contributed by atoms with van der Waals surface area (Å²) >= 11 is 0. The third-order valence-electron chi connectivity index (χ3n) is 5.71. The molecule has 5 nitrogen and oxygen atoms in total. The van der Waals surface area contributed by atoms with Gasteiger partial charge in [-0.25, -0.2) is 8.42 Å². The Hall–Kier alpha value is -3.12. The van der Waals surface area contributed by atoms with Crippen molar-refractivity contribution in [1.82, 2.24) is 0 Å². The number of carbonyl (C=O) groups is 1. The lowest BCUT2D eigenvalue weighted by Crippen LogP contribution is -2.35. The van der Waals surface area contributed by atoms with Crippen LogP contribution in [0, 0.1) is 20.8 Å². The third kappa shape index (κ3) is 3.83. The van der Waals surface area contributed by atoms with Gasteiger partial charge in [0.25, 0.3) is 15.9 Å². The van der Waals surface area contributed by atoms with E-state index in [9.17, 15) is 13.2 Å². The lowest BCUT2D eigenvalue weighted by Gasteiger charge is -2.24. The van der Waals surface area contributed by atoms with Gasteiger partial charge in [-0.2, -0.15) is 0 Å². The van der Waals surface area contributed by atoms with Crippen molar-refractivity contribution in [2.24, 2.45) is 0 Å². The number of fused-ring (bicyclic) bond motifs is 1. The fourth-order valence-corrected chi connectivity index (χ4v) is 6.09. The number of hydrogen-bond acceptors (Lipinski definition) is 3. The largest absolute Gasteiger partial charge is 0.322 e. The molecule has 4 rings (SSSR count). The van der Waals surface area contributed by atoms with Crippen molar-refractivity contribution in [2.75, 3.05) is 9.62 Å². The molecule has 0 fully saturated rings. The van der Waals surface area contributed by atoms with Crippen LogP contribution in [0.1, 0.15) is 39.5 Å². The summed E-state index contributed by atoms with van der Waals surface area (Å²) < 4.78 is 27.9. The average Bonchev–Trinajstić information content (AvgIpc) is 3.06. The molecule has 1 atom stereocenters. The van der Waals surface area contributed by atoms with Crippen LogP contribution in [0.25, 0.3) is 0 Å². The van der Waals surface area contributed by atoms with E-state index in [1.807, 2.05) is 39.8 Å². The van der Waals surface area contributed by atoms with E-state index in [0.717, 1.165) is 27.9 Å². The highest BCUT2D eigenvalue weighted by molar-refractivity contribution is 7.92. The highest BCUT2D eigenvalue weighted by Crippen LogP contribution is 2.37. The summed E-state index contributed by atoms with van der Waals surface area (Å²) in [5.74, 6) is -0.199. The zero-order valence-corrected chi connectivity index (χ0v) is 19.0. The molecule has 0 saturated heterocycles. The molecule has 1 heterocycles. The van der Waals surface area contributed by atoms with Gasteiger partial charge in [0.05, 0.1) is 10.6 Å². The number of anilines is 2. The van der Waals surface area contributed by atoms with E-state index in [1.165, 1.54) is 4.31 Å². The second-order valence-electron chi connectivity index (χ2n) is 8.24. The normalized spacial score (nSPS) is 15.6. The number of carbonyl (C=O) groups excluding carboxylic acids is 1. The Morgan fingerprint density at radius 3 is 2.26 bits per heavy atom. The van der Waals surface area contributed by atoms with Gasteiger partial charge >= 0.3 is 0 Å². The van der Waals surface area contributed by atoms with Crippen LogP contribution in [0.5, 0.6) is 0 Å². The molecule has 0 spiro atoms. The monoisotopic (exact) mass is 434 g/mol. The molecule has 6 heteroatoms. The summed E-state index contributed by atoms with van der Waals surface area (Å²) in [4.78, 5) is 13.2. The van der Waals surface area contributed by atoms with Crippen molar-refractivity contribution in [3.8, 4) is 0 Å². The Morgan fingerprint density at radius 1 is 0.968 bits per heavy atom. The fraction of sp³-hybridized carbons (Fsp3) is 0.240. The Morgan fingerprint density at radius 2 is 1.61 bits per heavy atom. The Balaban J connectivity index is 1.65. The molecular formula is C25H26N2O3S. The standard InChI is InChI=1S/C25H26N2O3S/c1-16-12-17(2)24(18(3)13-16)26-25(28)20-10-11-23-21(15-20)14-19(4)27(23)31(29,30)22-8-6-5-7-9-22/h5-13,15,19H,14H2,1-4H3,(H,26,28)/t19-/m1/s1. The van der Waals surface area contributed by atoms with Crippen molar-refractivity contribution in [3.05, 3.63) is 88.5 Å². The van der Waals surface area contributed by atoms with Crippen LogP contribution in [0.3, 0.4) is 0 Å². The Labute approximate surface area is 183 Å². The number of sulfonamides is 1. The maximum absolute atomic E-state index is 13.2. The van der Waals surface area contributed by atoms with Gasteiger partial charge in [0.2, 0.25) is 0 Å². The van der Waals surface area contributed by atoms with Crippen LogP contribution >= 0.6 is 0 Å². The third-order valence-corrected chi connectivity index (χ3v) is 7.65. The van der Waals surface area contributed by atoms with E-state index in [1.54, 1.807) is 48.5 Å². The van der Waals surface area contributed by atoms with E-state index < -0.39 is 10.0 Å². The zero-order valence-electron chi connectivity index (χ0n) is 18.1. The number of benzene rings is 3. The van der Waals surface area contributed by atoms with Crippen molar-refractivity contribution in [1.29, 1.82) is 0 Å². The van der Waals surface area contributed by atoms with Crippen molar-refractivity contribution in [3.63, 3.8) is 0 Å². The fourth-order valence-electron chi connectivity index (χ4n) is 4.38. The molecule has 0 unspecified atom stereocenters. The smallest absolute Gasteiger partial charge is 0.264 e. The van der Waals surface area contributed by atoms with Gasteiger partial charge in [0.15, 0.2) is 0 Å². The van der Waals surface area contributed by atoms with E-state index in [-0.39, 0.29) is 16.8 Å². The molecule has 1 amide bonds. The summed E-state index contributed by atoms with van der Waals surface area (Å²) in [6.45, 7) is 7.88. The molecule has 0 saturated carbocycles. The molecule has 0 bridgehead atoms. The molecule has 0 aliphatic carbocycles. The topological polar surface area (TPSA) is 66.5 Å². The predicted octanol–water partition coefficient (Wildman–Crippen LogP) is 5.00. The van der Waals surface area contributed by atoms with Crippen LogP contribution < -0.4 is 9.62 Å². The molecule has 0 radical (unpaired) electrons. The molecule has 3 aromatic carbocycles. The lowest BCUT2D eigenvalue weighted by atomic mass is 10.0. The molecule has 1 aliphatic rings. The van der Waals surface area contributed by atoms with Gasteiger partial charge in [0, 0.05) is 17.3 Å². The number of hydrogen-bond donors (Lipinski definition) is 1. The van der Waals surface area contributed by atoms with Crippen LogP contribution in [-0.2, 0) is 16.4 Å². The average molecular weight is 435 g/mol. The summed E-state index contributed by atoms with van der Waals surface area (Å²) in [7, 11) is -3.67. The van der Waals surface area contributed by atoms with Gasteiger partial charge in [-0.3, -0.25) is 9.10 Å². The first-order chi connectivity index (χ1) is 14.7.